The van der Waals surface area contributed by atoms with Crippen LogP contribution in [0.1, 0.15) is 19.4 Å². The number of epoxide rings is 1. The van der Waals surface area contributed by atoms with Crippen LogP contribution in [0.2, 0.25) is 0 Å². The molecule has 0 aliphatic carbocycles. The number of carbonyl (C=O) groups excluding carboxylic acids is 1. The third-order valence-electron chi connectivity index (χ3n) is 3.16. The molecule has 1 aromatic rings. The van der Waals surface area contributed by atoms with E-state index in [1.807, 2.05) is 6.92 Å². The number of carbonyl (C=O) groups is 1. The quantitative estimate of drug-likeness (QED) is 0.354. The van der Waals surface area contributed by atoms with Crippen molar-refractivity contribution in [3.05, 3.63) is 46.0 Å². The van der Waals surface area contributed by atoms with Gasteiger partial charge in [-0.3, -0.25) is 14.9 Å². The van der Waals surface area contributed by atoms with E-state index in [0.717, 1.165) is 5.56 Å². The van der Waals surface area contributed by atoms with Gasteiger partial charge in [-0.25, -0.2) is 0 Å². The van der Waals surface area contributed by atoms with Crippen LogP contribution in [0.5, 0.6) is 0 Å². The summed E-state index contributed by atoms with van der Waals surface area (Å²) in [6, 6.07) is 6.01. The Balaban J connectivity index is 2.05. The topological polar surface area (TPSA) is 72.7 Å². The van der Waals surface area contributed by atoms with Crippen molar-refractivity contribution in [1.82, 2.24) is 0 Å². The first-order valence-corrected chi connectivity index (χ1v) is 5.58. The van der Waals surface area contributed by atoms with Crippen molar-refractivity contribution in [1.29, 1.82) is 0 Å². The summed E-state index contributed by atoms with van der Waals surface area (Å²) in [5.41, 5.74) is 0.0764. The highest BCUT2D eigenvalue weighted by atomic mass is 16.6. The van der Waals surface area contributed by atoms with Gasteiger partial charge >= 0.3 is 0 Å². The Hall–Kier alpha value is -2.01. The third kappa shape index (κ3) is 2.31. The maximum Gasteiger partial charge on any atom is 0.269 e. The number of nitro groups is 1. The molecule has 5 heteroatoms. The SMILES string of the molecule is C[C@H]1O[C@]1(C)C(=O)/C=C/c1ccc([N+](=O)[O-])cc1. The molecule has 0 N–H and O–H groups in total. The van der Waals surface area contributed by atoms with Crippen molar-refractivity contribution in [2.45, 2.75) is 25.6 Å². The molecular weight excluding hydrogens is 234 g/mol. The first-order valence-electron chi connectivity index (χ1n) is 5.58. The molecule has 0 radical (unpaired) electrons. The zero-order valence-corrected chi connectivity index (χ0v) is 10.1. The molecule has 0 unspecified atom stereocenters. The minimum absolute atomic E-state index is 0.0320. The molecule has 94 valence electrons. The largest absolute Gasteiger partial charge is 0.358 e. The lowest BCUT2D eigenvalue weighted by Gasteiger charge is -1.98. The van der Waals surface area contributed by atoms with Gasteiger partial charge in [-0.2, -0.15) is 0 Å². The monoisotopic (exact) mass is 247 g/mol. The summed E-state index contributed by atoms with van der Waals surface area (Å²) in [5, 5.41) is 10.5. The second-order valence-corrected chi connectivity index (χ2v) is 4.41. The Labute approximate surface area is 104 Å². The Bertz CT molecular complexity index is 520. The minimum Gasteiger partial charge on any atom is -0.358 e. The van der Waals surface area contributed by atoms with Crippen molar-refractivity contribution in [2.75, 3.05) is 0 Å². The average molecular weight is 247 g/mol. The fraction of sp³-hybridized carbons (Fsp3) is 0.308. The number of hydrogen-bond donors (Lipinski definition) is 0. The van der Waals surface area contributed by atoms with E-state index >= 15 is 0 Å². The second kappa shape index (κ2) is 4.34. The molecule has 1 heterocycles. The lowest BCUT2D eigenvalue weighted by atomic mass is 10.0. The predicted molar refractivity (Wildman–Crippen MR) is 66.1 cm³/mol. The molecule has 2 rings (SSSR count). The Morgan fingerprint density at radius 2 is 2.00 bits per heavy atom. The summed E-state index contributed by atoms with van der Waals surface area (Å²) in [6.45, 7) is 3.60. The highest BCUT2D eigenvalue weighted by molar-refractivity contribution is 6.01. The van der Waals surface area contributed by atoms with E-state index in [4.69, 9.17) is 4.74 Å². The number of nitrogens with zero attached hydrogens (tertiary/aromatic N) is 1. The molecule has 1 aliphatic rings. The molecule has 0 saturated carbocycles. The van der Waals surface area contributed by atoms with E-state index in [9.17, 15) is 14.9 Å². The summed E-state index contributed by atoms with van der Waals surface area (Å²) in [6.07, 6.45) is 3.03. The van der Waals surface area contributed by atoms with Crippen LogP contribution in [0, 0.1) is 10.1 Å². The lowest BCUT2D eigenvalue weighted by molar-refractivity contribution is -0.384. The van der Waals surface area contributed by atoms with Crippen molar-refractivity contribution in [3.8, 4) is 0 Å². The van der Waals surface area contributed by atoms with Gasteiger partial charge in [-0.1, -0.05) is 6.08 Å². The van der Waals surface area contributed by atoms with Gasteiger partial charge in [-0.05, 0) is 37.6 Å². The first-order chi connectivity index (χ1) is 8.43. The van der Waals surface area contributed by atoms with Crippen LogP contribution in [0.25, 0.3) is 6.08 Å². The molecule has 2 atom stereocenters. The summed E-state index contributed by atoms with van der Waals surface area (Å²) in [5.74, 6) is -0.0895. The average Bonchev–Trinajstić information content (AvgIpc) is 2.96. The van der Waals surface area contributed by atoms with Gasteiger partial charge in [0.25, 0.3) is 5.69 Å². The van der Waals surface area contributed by atoms with E-state index in [-0.39, 0.29) is 17.6 Å². The van der Waals surface area contributed by atoms with Gasteiger partial charge in [0.15, 0.2) is 11.4 Å². The van der Waals surface area contributed by atoms with Gasteiger partial charge in [0.1, 0.15) is 0 Å². The van der Waals surface area contributed by atoms with E-state index in [1.165, 1.54) is 18.2 Å². The van der Waals surface area contributed by atoms with Crippen LogP contribution in [0.4, 0.5) is 5.69 Å². The van der Waals surface area contributed by atoms with Gasteiger partial charge in [0, 0.05) is 12.1 Å². The number of non-ortho nitro benzene ring substituents is 1. The normalized spacial score (nSPS) is 26.2. The molecule has 0 bridgehead atoms. The number of ether oxygens (including phenoxy) is 1. The summed E-state index contributed by atoms with van der Waals surface area (Å²) >= 11 is 0. The Morgan fingerprint density at radius 3 is 2.44 bits per heavy atom. The Morgan fingerprint density at radius 1 is 1.44 bits per heavy atom. The molecule has 5 nitrogen and oxygen atoms in total. The number of benzene rings is 1. The minimum atomic E-state index is -0.697. The number of ketones is 1. The molecule has 1 saturated heterocycles. The maximum absolute atomic E-state index is 11.8. The van der Waals surface area contributed by atoms with E-state index in [1.54, 1.807) is 25.1 Å². The Kier molecular flexibility index (Phi) is 3.00. The smallest absolute Gasteiger partial charge is 0.269 e. The molecular formula is C13H13NO4. The first kappa shape index (κ1) is 12.4. The van der Waals surface area contributed by atoms with E-state index < -0.39 is 10.5 Å². The van der Waals surface area contributed by atoms with E-state index in [0.29, 0.717) is 0 Å². The lowest BCUT2D eigenvalue weighted by Crippen LogP contribution is -2.20. The zero-order chi connectivity index (χ0) is 13.3. The number of hydrogen-bond acceptors (Lipinski definition) is 4. The van der Waals surface area contributed by atoms with Crippen LogP contribution in [-0.4, -0.2) is 22.4 Å². The molecule has 0 amide bonds. The van der Waals surface area contributed by atoms with Crippen LogP contribution in [0.15, 0.2) is 30.3 Å². The zero-order valence-electron chi connectivity index (χ0n) is 10.1. The van der Waals surface area contributed by atoms with Crippen LogP contribution >= 0.6 is 0 Å². The fourth-order valence-electron chi connectivity index (χ4n) is 1.64. The summed E-state index contributed by atoms with van der Waals surface area (Å²) < 4.78 is 5.22. The van der Waals surface area contributed by atoms with Crippen molar-refractivity contribution in [3.63, 3.8) is 0 Å². The van der Waals surface area contributed by atoms with Crippen LogP contribution < -0.4 is 0 Å². The highest BCUT2D eigenvalue weighted by Crippen LogP contribution is 2.36. The molecule has 1 aromatic carbocycles. The maximum atomic E-state index is 11.8. The van der Waals surface area contributed by atoms with Crippen molar-refractivity contribution in [2.24, 2.45) is 0 Å². The van der Waals surface area contributed by atoms with Crippen LogP contribution in [-0.2, 0) is 9.53 Å². The molecule has 0 aromatic heterocycles. The number of rotatable bonds is 4. The summed E-state index contributed by atoms with van der Waals surface area (Å²) in [4.78, 5) is 21.8. The van der Waals surface area contributed by atoms with Gasteiger partial charge in [0.2, 0.25) is 0 Å². The van der Waals surface area contributed by atoms with Gasteiger partial charge in [0.05, 0.1) is 11.0 Å². The van der Waals surface area contributed by atoms with Gasteiger partial charge < -0.3 is 4.74 Å². The summed E-state index contributed by atoms with van der Waals surface area (Å²) in [7, 11) is 0. The molecule has 18 heavy (non-hydrogen) atoms. The van der Waals surface area contributed by atoms with Crippen molar-refractivity contribution >= 4 is 17.5 Å². The van der Waals surface area contributed by atoms with Crippen molar-refractivity contribution < 1.29 is 14.5 Å². The third-order valence-corrected chi connectivity index (χ3v) is 3.16. The second-order valence-electron chi connectivity index (χ2n) is 4.41. The van der Waals surface area contributed by atoms with E-state index in [2.05, 4.69) is 0 Å². The highest BCUT2D eigenvalue weighted by Gasteiger charge is 2.54. The molecule has 1 fully saturated rings. The standard InChI is InChI=1S/C13H13NO4/c1-9-13(2,18-9)12(15)8-5-10-3-6-11(7-4-10)14(16)17/h3-9H,1-2H3/b8-5+/t9-,13+/m1/s1. The molecule has 1 aliphatic heterocycles. The predicted octanol–water partition coefficient (Wildman–Crippen LogP) is 2.35. The van der Waals surface area contributed by atoms with Gasteiger partial charge in [-0.15, -0.1) is 0 Å². The van der Waals surface area contributed by atoms with Crippen LogP contribution in [0.3, 0.4) is 0 Å². The number of nitro benzene ring substituents is 1. The molecule has 0 spiro atoms. The fourth-order valence-corrected chi connectivity index (χ4v) is 1.64.